The van der Waals surface area contributed by atoms with E-state index in [1.54, 1.807) is 4.68 Å². The molecule has 0 amide bonds. The monoisotopic (exact) mass is 369 g/mol. The van der Waals surface area contributed by atoms with Gasteiger partial charge in [-0.25, -0.2) is 4.68 Å². The highest BCUT2D eigenvalue weighted by Crippen LogP contribution is 2.14. The molecule has 0 spiro atoms. The van der Waals surface area contributed by atoms with Crippen molar-refractivity contribution in [3.8, 4) is 0 Å². The summed E-state index contributed by atoms with van der Waals surface area (Å²) in [4.78, 5) is 11.3. The van der Waals surface area contributed by atoms with Gasteiger partial charge in [0.15, 0.2) is 0 Å². The van der Waals surface area contributed by atoms with Crippen molar-refractivity contribution in [3.63, 3.8) is 0 Å². The SMILES string of the molecule is CC(C)CO.CCC(=O)CCc1cn(CC(C)(C)OCCC(C)C)nn1. The Balaban J connectivity index is 0.00000110. The van der Waals surface area contributed by atoms with Crippen LogP contribution in [0, 0.1) is 11.8 Å². The number of aryl methyl sites for hydroxylation is 1. The molecular weight excluding hydrogens is 330 g/mol. The highest BCUT2D eigenvalue weighted by Gasteiger charge is 2.20. The molecule has 0 aliphatic rings. The number of carbonyl (C=O) groups is 1. The Hall–Kier alpha value is -1.27. The number of ketones is 1. The Kier molecular flexibility index (Phi) is 12.3. The van der Waals surface area contributed by atoms with Gasteiger partial charge in [-0.2, -0.15) is 0 Å². The molecule has 0 fully saturated rings. The number of aliphatic hydroxyl groups excluding tert-OH is 1. The molecule has 1 aromatic rings. The first-order valence-corrected chi connectivity index (χ1v) is 9.75. The summed E-state index contributed by atoms with van der Waals surface area (Å²) in [7, 11) is 0. The maximum Gasteiger partial charge on any atom is 0.133 e. The largest absolute Gasteiger partial charge is 0.396 e. The number of Topliss-reactive ketones (excluding diaryl/α,β-unsaturated/α-hetero) is 1. The third-order valence-electron chi connectivity index (χ3n) is 3.74. The van der Waals surface area contributed by atoms with Crippen LogP contribution in [0.3, 0.4) is 0 Å². The van der Waals surface area contributed by atoms with Crippen LogP contribution in [0.5, 0.6) is 0 Å². The number of rotatable bonds is 11. The van der Waals surface area contributed by atoms with Gasteiger partial charge in [0.05, 0.1) is 17.8 Å². The standard InChI is InChI=1S/C16H29N3O2.C4H10O/c1-6-15(20)8-7-14-11-19(18-17-14)12-16(4,5)21-10-9-13(2)3;1-4(2)3-5/h11,13H,6-10,12H2,1-5H3;4-5H,3H2,1-2H3. The molecule has 0 saturated carbocycles. The van der Waals surface area contributed by atoms with E-state index in [2.05, 4.69) is 38.0 Å². The van der Waals surface area contributed by atoms with Crippen LogP contribution in [0.4, 0.5) is 0 Å². The Labute approximate surface area is 159 Å². The summed E-state index contributed by atoms with van der Waals surface area (Å²) >= 11 is 0. The van der Waals surface area contributed by atoms with Gasteiger partial charge in [-0.15, -0.1) is 5.10 Å². The molecule has 0 saturated heterocycles. The first-order chi connectivity index (χ1) is 12.1. The van der Waals surface area contributed by atoms with Crippen molar-refractivity contribution in [2.24, 2.45) is 11.8 Å². The average molecular weight is 370 g/mol. The Morgan fingerprint density at radius 1 is 1.27 bits per heavy atom. The van der Waals surface area contributed by atoms with E-state index >= 15 is 0 Å². The molecule has 152 valence electrons. The van der Waals surface area contributed by atoms with E-state index < -0.39 is 0 Å². The van der Waals surface area contributed by atoms with Crippen LogP contribution in [0.2, 0.25) is 0 Å². The number of carbonyl (C=O) groups excluding carboxylic acids is 1. The zero-order valence-electron chi connectivity index (χ0n) is 17.8. The first-order valence-electron chi connectivity index (χ1n) is 9.75. The van der Waals surface area contributed by atoms with Gasteiger partial charge >= 0.3 is 0 Å². The smallest absolute Gasteiger partial charge is 0.133 e. The summed E-state index contributed by atoms with van der Waals surface area (Å²) < 4.78 is 7.73. The molecule has 0 radical (unpaired) electrons. The minimum absolute atomic E-state index is 0.265. The van der Waals surface area contributed by atoms with Crippen LogP contribution in [0.15, 0.2) is 6.20 Å². The Bertz CT molecular complexity index is 496. The van der Waals surface area contributed by atoms with Crippen LogP contribution in [0.25, 0.3) is 0 Å². The molecular formula is C20H39N3O3. The van der Waals surface area contributed by atoms with E-state index in [9.17, 15) is 4.79 Å². The minimum atomic E-state index is -0.265. The molecule has 1 aromatic heterocycles. The molecule has 1 rings (SSSR count). The van der Waals surface area contributed by atoms with Gasteiger partial charge in [-0.1, -0.05) is 39.8 Å². The van der Waals surface area contributed by atoms with Crippen molar-refractivity contribution >= 4 is 5.78 Å². The van der Waals surface area contributed by atoms with E-state index in [1.165, 1.54) is 0 Å². The molecule has 0 unspecified atom stereocenters. The van der Waals surface area contributed by atoms with Crippen LogP contribution < -0.4 is 0 Å². The summed E-state index contributed by atoms with van der Waals surface area (Å²) in [5.41, 5.74) is 0.605. The van der Waals surface area contributed by atoms with Gasteiger partial charge in [0.2, 0.25) is 0 Å². The fraction of sp³-hybridized carbons (Fsp3) is 0.850. The van der Waals surface area contributed by atoms with Crippen LogP contribution >= 0.6 is 0 Å². The average Bonchev–Trinajstić information content (AvgIpc) is 2.99. The Morgan fingerprint density at radius 3 is 2.38 bits per heavy atom. The summed E-state index contributed by atoms with van der Waals surface area (Å²) in [6, 6.07) is 0. The third kappa shape index (κ3) is 13.0. The lowest BCUT2D eigenvalue weighted by atomic mass is 10.1. The van der Waals surface area contributed by atoms with Crippen LogP contribution in [-0.2, 0) is 22.5 Å². The molecule has 0 bridgehead atoms. The van der Waals surface area contributed by atoms with Gasteiger partial charge in [0.25, 0.3) is 0 Å². The van der Waals surface area contributed by atoms with E-state index in [1.807, 2.05) is 27.0 Å². The molecule has 6 nitrogen and oxygen atoms in total. The first kappa shape index (κ1) is 24.7. The molecule has 0 aliphatic heterocycles. The van der Waals surface area contributed by atoms with Crippen molar-refractivity contribution in [2.45, 2.75) is 86.3 Å². The normalized spacial score (nSPS) is 11.6. The minimum Gasteiger partial charge on any atom is -0.396 e. The van der Waals surface area contributed by atoms with Crippen molar-refractivity contribution in [1.29, 1.82) is 0 Å². The Morgan fingerprint density at radius 2 is 1.88 bits per heavy atom. The molecule has 1 N–H and O–H groups in total. The van der Waals surface area contributed by atoms with Crippen molar-refractivity contribution in [1.82, 2.24) is 15.0 Å². The third-order valence-corrected chi connectivity index (χ3v) is 3.74. The number of ether oxygens (including phenoxy) is 1. The second-order valence-electron chi connectivity index (χ2n) is 8.17. The van der Waals surface area contributed by atoms with Gasteiger partial charge in [0.1, 0.15) is 5.78 Å². The van der Waals surface area contributed by atoms with Crippen molar-refractivity contribution in [3.05, 3.63) is 11.9 Å². The molecule has 26 heavy (non-hydrogen) atoms. The maximum atomic E-state index is 11.3. The summed E-state index contributed by atoms with van der Waals surface area (Å²) in [6.07, 6.45) is 4.78. The van der Waals surface area contributed by atoms with Crippen LogP contribution in [-0.4, -0.2) is 44.7 Å². The molecule has 0 aliphatic carbocycles. The summed E-state index contributed by atoms with van der Waals surface area (Å²) in [5.74, 6) is 1.35. The van der Waals surface area contributed by atoms with Crippen LogP contribution in [0.1, 0.15) is 73.4 Å². The topological polar surface area (TPSA) is 77.2 Å². The van der Waals surface area contributed by atoms with Gasteiger partial charge < -0.3 is 9.84 Å². The zero-order chi connectivity index (χ0) is 20.2. The zero-order valence-corrected chi connectivity index (χ0v) is 17.8. The van der Waals surface area contributed by atoms with Crippen molar-refractivity contribution < 1.29 is 14.6 Å². The van der Waals surface area contributed by atoms with E-state index in [0.717, 1.165) is 18.7 Å². The number of hydrogen-bond acceptors (Lipinski definition) is 5. The lowest BCUT2D eigenvalue weighted by molar-refractivity contribution is -0.118. The quantitative estimate of drug-likeness (QED) is 0.644. The number of aliphatic hydroxyl groups is 1. The number of hydrogen-bond donors (Lipinski definition) is 1. The lowest BCUT2D eigenvalue weighted by Gasteiger charge is -2.25. The van der Waals surface area contributed by atoms with E-state index in [4.69, 9.17) is 9.84 Å². The molecule has 0 aromatic carbocycles. The number of nitrogens with zero attached hydrogens (tertiary/aromatic N) is 3. The predicted octanol–water partition coefficient (Wildman–Crippen LogP) is 3.67. The highest BCUT2D eigenvalue weighted by molar-refractivity contribution is 5.78. The maximum absolute atomic E-state index is 11.3. The van der Waals surface area contributed by atoms with E-state index in [0.29, 0.717) is 44.2 Å². The number of aromatic nitrogens is 3. The molecule has 1 heterocycles. The van der Waals surface area contributed by atoms with Crippen molar-refractivity contribution in [2.75, 3.05) is 13.2 Å². The highest BCUT2D eigenvalue weighted by atomic mass is 16.5. The molecule has 6 heteroatoms. The fourth-order valence-corrected chi connectivity index (χ4v) is 1.98. The fourth-order valence-electron chi connectivity index (χ4n) is 1.98. The van der Waals surface area contributed by atoms with Gasteiger partial charge in [-0.05, 0) is 38.5 Å². The second kappa shape index (κ2) is 13.0. The molecule has 0 atom stereocenters. The lowest BCUT2D eigenvalue weighted by Crippen LogP contribution is -2.31. The van der Waals surface area contributed by atoms with E-state index in [-0.39, 0.29) is 11.4 Å². The summed E-state index contributed by atoms with van der Waals surface area (Å²) in [5, 5.41) is 16.4. The van der Waals surface area contributed by atoms with Gasteiger partial charge in [0, 0.05) is 32.3 Å². The second-order valence-corrected chi connectivity index (χ2v) is 8.17. The summed E-state index contributed by atoms with van der Waals surface area (Å²) in [6.45, 7) is 16.1. The van der Waals surface area contributed by atoms with Gasteiger partial charge in [-0.3, -0.25) is 4.79 Å². The predicted molar refractivity (Wildman–Crippen MR) is 105 cm³/mol.